The standard InChI is InChI=1S/C10H12N4O2/c15-7-2-1-4-8-13-10(14-16-8)9-11-5-3-6-12-9/h3,5-6,15H,1-2,4,7H2. The number of unbranched alkanes of at least 4 members (excludes halogenated alkanes) is 1. The Morgan fingerprint density at radius 1 is 1.12 bits per heavy atom. The average molecular weight is 220 g/mol. The molecule has 0 saturated carbocycles. The van der Waals surface area contributed by atoms with E-state index in [1.807, 2.05) is 0 Å². The van der Waals surface area contributed by atoms with Crippen LogP contribution in [0.4, 0.5) is 0 Å². The van der Waals surface area contributed by atoms with Crippen molar-refractivity contribution in [3.8, 4) is 11.6 Å². The average Bonchev–Trinajstić information content (AvgIpc) is 2.79. The second-order valence-electron chi connectivity index (χ2n) is 3.26. The van der Waals surface area contributed by atoms with Crippen molar-refractivity contribution in [3.05, 3.63) is 24.4 Å². The van der Waals surface area contributed by atoms with Crippen molar-refractivity contribution in [2.24, 2.45) is 0 Å². The predicted molar refractivity (Wildman–Crippen MR) is 55.3 cm³/mol. The Kier molecular flexibility index (Phi) is 3.55. The van der Waals surface area contributed by atoms with Gasteiger partial charge < -0.3 is 9.63 Å². The summed E-state index contributed by atoms with van der Waals surface area (Å²) in [4.78, 5) is 12.2. The third-order valence-corrected chi connectivity index (χ3v) is 2.03. The molecule has 0 saturated heterocycles. The minimum absolute atomic E-state index is 0.183. The molecule has 0 unspecified atom stereocenters. The van der Waals surface area contributed by atoms with E-state index >= 15 is 0 Å². The van der Waals surface area contributed by atoms with E-state index in [0.717, 1.165) is 12.8 Å². The first-order chi connectivity index (χ1) is 7.90. The first-order valence-electron chi connectivity index (χ1n) is 5.11. The highest BCUT2D eigenvalue weighted by atomic mass is 16.5. The maximum atomic E-state index is 8.64. The van der Waals surface area contributed by atoms with Gasteiger partial charge in [0.05, 0.1) is 0 Å². The summed E-state index contributed by atoms with van der Waals surface area (Å²) in [7, 11) is 0. The van der Waals surface area contributed by atoms with Crippen molar-refractivity contribution < 1.29 is 9.63 Å². The fraction of sp³-hybridized carbons (Fsp3) is 0.400. The smallest absolute Gasteiger partial charge is 0.240 e. The number of hydrogen-bond acceptors (Lipinski definition) is 6. The lowest BCUT2D eigenvalue weighted by Crippen LogP contribution is -1.91. The first-order valence-corrected chi connectivity index (χ1v) is 5.11. The van der Waals surface area contributed by atoms with Crippen LogP contribution in [0, 0.1) is 0 Å². The van der Waals surface area contributed by atoms with E-state index in [1.54, 1.807) is 18.5 Å². The number of aliphatic hydroxyl groups is 1. The van der Waals surface area contributed by atoms with E-state index in [-0.39, 0.29) is 6.61 Å². The highest BCUT2D eigenvalue weighted by Gasteiger charge is 2.09. The first kappa shape index (κ1) is 10.7. The number of nitrogens with zero attached hydrogens (tertiary/aromatic N) is 4. The van der Waals surface area contributed by atoms with E-state index < -0.39 is 0 Å². The normalized spacial score (nSPS) is 10.6. The summed E-state index contributed by atoms with van der Waals surface area (Å²) in [6.45, 7) is 0.183. The van der Waals surface area contributed by atoms with Gasteiger partial charge in [-0.25, -0.2) is 9.97 Å². The van der Waals surface area contributed by atoms with E-state index in [9.17, 15) is 0 Å². The third-order valence-electron chi connectivity index (χ3n) is 2.03. The topological polar surface area (TPSA) is 84.9 Å². The molecular weight excluding hydrogens is 208 g/mol. The largest absolute Gasteiger partial charge is 0.396 e. The van der Waals surface area contributed by atoms with Crippen LogP contribution < -0.4 is 0 Å². The van der Waals surface area contributed by atoms with Gasteiger partial charge in [-0.2, -0.15) is 4.98 Å². The zero-order valence-corrected chi connectivity index (χ0v) is 8.70. The summed E-state index contributed by atoms with van der Waals surface area (Å²) in [5, 5.41) is 12.4. The third kappa shape index (κ3) is 2.60. The molecule has 0 aromatic carbocycles. The van der Waals surface area contributed by atoms with Crippen LogP contribution in [0.15, 0.2) is 23.0 Å². The SMILES string of the molecule is OCCCCc1nc(-c2ncccn2)no1. The van der Waals surface area contributed by atoms with Gasteiger partial charge >= 0.3 is 0 Å². The molecule has 84 valence electrons. The van der Waals surface area contributed by atoms with Crippen LogP contribution in [0.2, 0.25) is 0 Å². The number of aryl methyl sites for hydroxylation is 1. The molecule has 0 spiro atoms. The second-order valence-corrected chi connectivity index (χ2v) is 3.26. The van der Waals surface area contributed by atoms with Crippen LogP contribution in [-0.4, -0.2) is 31.8 Å². The highest BCUT2D eigenvalue weighted by molar-refractivity contribution is 5.40. The highest BCUT2D eigenvalue weighted by Crippen LogP contribution is 2.10. The Balaban J connectivity index is 2.02. The van der Waals surface area contributed by atoms with Crippen molar-refractivity contribution >= 4 is 0 Å². The van der Waals surface area contributed by atoms with Crippen LogP contribution in [0.3, 0.4) is 0 Å². The molecule has 0 atom stereocenters. The van der Waals surface area contributed by atoms with Gasteiger partial charge in [0.25, 0.3) is 0 Å². The van der Waals surface area contributed by atoms with Crippen LogP contribution in [-0.2, 0) is 6.42 Å². The lowest BCUT2D eigenvalue weighted by atomic mass is 10.2. The molecule has 1 N–H and O–H groups in total. The predicted octanol–water partition coefficient (Wildman–Crippen LogP) is 0.842. The minimum atomic E-state index is 0.183. The lowest BCUT2D eigenvalue weighted by molar-refractivity contribution is 0.281. The van der Waals surface area contributed by atoms with Crippen LogP contribution >= 0.6 is 0 Å². The Hall–Kier alpha value is -1.82. The molecule has 2 heterocycles. The Bertz CT molecular complexity index is 429. The molecule has 2 rings (SSSR count). The summed E-state index contributed by atoms with van der Waals surface area (Å²) in [6.07, 6.45) is 5.49. The molecular formula is C10H12N4O2. The molecule has 0 bridgehead atoms. The molecule has 0 fully saturated rings. The Labute approximate surface area is 92.4 Å². The van der Waals surface area contributed by atoms with Gasteiger partial charge in [-0.15, -0.1) is 0 Å². The van der Waals surface area contributed by atoms with Crippen LogP contribution in [0.5, 0.6) is 0 Å². The van der Waals surface area contributed by atoms with Crippen molar-refractivity contribution in [2.45, 2.75) is 19.3 Å². The van der Waals surface area contributed by atoms with Gasteiger partial charge in [0, 0.05) is 25.4 Å². The molecule has 6 heteroatoms. The zero-order chi connectivity index (χ0) is 11.2. The maximum absolute atomic E-state index is 8.64. The maximum Gasteiger partial charge on any atom is 0.240 e. The van der Waals surface area contributed by atoms with Crippen molar-refractivity contribution in [1.82, 2.24) is 20.1 Å². The van der Waals surface area contributed by atoms with Gasteiger partial charge in [0.2, 0.25) is 17.5 Å². The summed E-state index contributed by atoms with van der Waals surface area (Å²) < 4.78 is 5.04. The van der Waals surface area contributed by atoms with Gasteiger partial charge in [-0.1, -0.05) is 5.16 Å². The van der Waals surface area contributed by atoms with Crippen molar-refractivity contribution in [2.75, 3.05) is 6.61 Å². The lowest BCUT2D eigenvalue weighted by Gasteiger charge is -1.91. The molecule has 0 aliphatic heterocycles. The Morgan fingerprint density at radius 2 is 1.94 bits per heavy atom. The quantitative estimate of drug-likeness (QED) is 0.751. The van der Waals surface area contributed by atoms with Gasteiger partial charge in [-0.3, -0.25) is 0 Å². The summed E-state index contributed by atoms with van der Waals surface area (Å²) in [5.41, 5.74) is 0. The molecule has 2 aromatic rings. The molecule has 6 nitrogen and oxygen atoms in total. The minimum Gasteiger partial charge on any atom is -0.396 e. The number of aliphatic hydroxyl groups excluding tert-OH is 1. The fourth-order valence-corrected chi connectivity index (χ4v) is 1.25. The van der Waals surface area contributed by atoms with E-state index in [4.69, 9.17) is 9.63 Å². The number of aromatic nitrogens is 4. The van der Waals surface area contributed by atoms with Gasteiger partial charge in [0.1, 0.15) is 0 Å². The summed E-state index contributed by atoms with van der Waals surface area (Å²) >= 11 is 0. The zero-order valence-electron chi connectivity index (χ0n) is 8.70. The fourth-order valence-electron chi connectivity index (χ4n) is 1.25. The van der Waals surface area contributed by atoms with Crippen LogP contribution in [0.1, 0.15) is 18.7 Å². The molecule has 0 aliphatic carbocycles. The van der Waals surface area contributed by atoms with Crippen molar-refractivity contribution in [1.29, 1.82) is 0 Å². The summed E-state index contributed by atoms with van der Waals surface area (Å²) in [6, 6.07) is 1.73. The number of hydrogen-bond donors (Lipinski definition) is 1. The summed E-state index contributed by atoms with van der Waals surface area (Å²) in [5.74, 6) is 1.41. The monoisotopic (exact) mass is 220 g/mol. The van der Waals surface area contributed by atoms with E-state index in [0.29, 0.717) is 24.0 Å². The van der Waals surface area contributed by atoms with Gasteiger partial charge in [0.15, 0.2) is 0 Å². The second kappa shape index (κ2) is 5.32. The molecule has 0 aliphatic rings. The molecule has 16 heavy (non-hydrogen) atoms. The van der Waals surface area contributed by atoms with Gasteiger partial charge in [-0.05, 0) is 18.9 Å². The number of rotatable bonds is 5. The molecule has 0 amide bonds. The van der Waals surface area contributed by atoms with E-state index in [1.165, 1.54) is 0 Å². The van der Waals surface area contributed by atoms with E-state index in [2.05, 4.69) is 20.1 Å². The Morgan fingerprint density at radius 3 is 2.69 bits per heavy atom. The molecule has 2 aromatic heterocycles. The molecule has 0 radical (unpaired) electrons. The van der Waals surface area contributed by atoms with Crippen LogP contribution in [0.25, 0.3) is 11.6 Å². The van der Waals surface area contributed by atoms with Crippen molar-refractivity contribution in [3.63, 3.8) is 0 Å².